The molecule has 0 heterocycles. The van der Waals surface area contributed by atoms with Crippen LogP contribution in [0.5, 0.6) is 11.5 Å². The third kappa shape index (κ3) is 4.61. The van der Waals surface area contributed by atoms with Crippen molar-refractivity contribution in [2.75, 3.05) is 27.8 Å². The number of ether oxygens (including phenoxy) is 2. The smallest absolute Gasteiger partial charge is 0.234 e. The molecule has 2 unspecified atom stereocenters. The molecule has 0 aromatic heterocycles. The van der Waals surface area contributed by atoms with E-state index < -0.39 is 0 Å². The van der Waals surface area contributed by atoms with Crippen molar-refractivity contribution in [2.24, 2.45) is 5.92 Å². The summed E-state index contributed by atoms with van der Waals surface area (Å²) in [5.74, 6) is 2.28. The first-order valence-electron chi connectivity index (χ1n) is 8.17. The van der Waals surface area contributed by atoms with Crippen molar-refractivity contribution in [3.05, 3.63) is 23.8 Å². The number of amides is 1. The Bertz CT molecular complexity index is 543. The van der Waals surface area contributed by atoms with Gasteiger partial charge in [0.25, 0.3) is 0 Å². The van der Waals surface area contributed by atoms with Crippen LogP contribution in [0.4, 0.5) is 0 Å². The lowest BCUT2D eigenvalue weighted by Gasteiger charge is -2.25. The number of nitrogens with one attached hydrogen (secondary N) is 1. The molecule has 128 valence electrons. The van der Waals surface area contributed by atoms with Crippen molar-refractivity contribution in [1.82, 2.24) is 10.2 Å². The van der Waals surface area contributed by atoms with Crippen molar-refractivity contribution in [2.45, 2.75) is 38.8 Å². The Morgan fingerprint density at radius 1 is 1.30 bits per heavy atom. The predicted molar refractivity (Wildman–Crippen MR) is 90.9 cm³/mol. The minimum absolute atomic E-state index is 0.0253. The van der Waals surface area contributed by atoms with E-state index in [4.69, 9.17) is 9.47 Å². The molecule has 1 N–H and O–H groups in total. The lowest BCUT2D eigenvalue weighted by Crippen LogP contribution is -2.41. The van der Waals surface area contributed by atoms with Crippen LogP contribution < -0.4 is 14.8 Å². The molecule has 1 aliphatic carbocycles. The first-order chi connectivity index (χ1) is 11.0. The largest absolute Gasteiger partial charge is 0.497 e. The minimum atomic E-state index is -0.141. The standard InChI is InChI=1S/C18H28N2O3/c1-12(16-10-15(22-4)8-9-17(16)23-5)19-18(21)11-20(3)13(2)14-6-7-14/h8-10,12-14H,6-7,11H2,1-5H3,(H,19,21). The molecule has 23 heavy (non-hydrogen) atoms. The Morgan fingerprint density at radius 3 is 2.57 bits per heavy atom. The fourth-order valence-corrected chi connectivity index (χ4v) is 2.85. The molecule has 0 aliphatic heterocycles. The van der Waals surface area contributed by atoms with E-state index in [9.17, 15) is 4.79 Å². The Morgan fingerprint density at radius 2 is 2.00 bits per heavy atom. The van der Waals surface area contributed by atoms with Gasteiger partial charge in [0.05, 0.1) is 26.8 Å². The van der Waals surface area contributed by atoms with Crippen LogP contribution in [0.25, 0.3) is 0 Å². The van der Waals surface area contributed by atoms with Gasteiger partial charge in [-0.1, -0.05) is 0 Å². The number of rotatable bonds is 8. The Kier molecular flexibility index (Phi) is 5.88. The first-order valence-corrected chi connectivity index (χ1v) is 8.17. The first kappa shape index (κ1) is 17.6. The summed E-state index contributed by atoms with van der Waals surface area (Å²) in [6.45, 7) is 4.56. The summed E-state index contributed by atoms with van der Waals surface area (Å²) in [6.07, 6.45) is 2.56. The molecule has 1 saturated carbocycles. The van der Waals surface area contributed by atoms with Gasteiger partial charge in [-0.2, -0.15) is 0 Å². The average Bonchev–Trinajstić information content (AvgIpc) is 3.37. The highest BCUT2D eigenvalue weighted by Gasteiger charge is 2.31. The van der Waals surface area contributed by atoms with Gasteiger partial charge in [-0.3, -0.25) is 9.69 Å². The number of benzene rings is 1. The van der Waals surface area contributed by atoms with Gasteiger partial charge >= 0.3 is 0 Å². The molecule has 2 rings (SSSR count). The maximum Gasteiger partial charge on any atom is 0.234 e. The second-order valence-electron chi connectivity index (χ2n) is 6.39. The van der Waals surface area contributed by atoms with Crippen LogP contribution in [0.2, 0.25) is 0 Å². The molecule has 1 amide bonds. The molecule has 1 fully saturated rings. The van der Waals surface area contributed by atoms with Crippen LogP contribution in [0.15, 0.2) is 18.2 Å². The molecule has 0 saturated heterocycles. The summed E-state index contributed by atoms with van der Waals surface area (Å²) in [7, 11) is 5.27. The molecule has 2 atom stereocenters. The topological polar surface area (TPSA) is 50.8 Å². The van der Waals surface area contributed by atoms with E-state index in [0.29, 0.717) is 12.6 Å². The zero-order chi connectivity index (χ0) is 17.0. The van der Waals surface area contributed by atoms with Crippen molar-refractivity contribution in [3.63, 3.8) is 0 Å². The van der Waals surface area contributed by atoms with E-state index in [1.165, 1.54) is 12.8 Å². The van der Waals surface area contributed by atoms with Gasteiger partial charge in [0.2, 0.25) is 5.91 Å². The van der Waals surface area contributed by atoms with Crippen LogP contribution in [0, 0.1) is 5.92 Å². The summed E-state index contributed by atoms with van der Waals surface area (Å²) in [6, 6.07) is 5.93. The summed E-state index contributed by atoms with van der Waals surface area (Å²) in [5.41, 5.74) is 0.915. The molecule has 0 bridgehead atoms. The fraction of sp³-hybridized carbons (Fsp3) is 0.611. The van der Waals surface area contributed by atoms with Gasteiger partial charge in [0.15, 0.2) is 0 Å². The molecule has 1 aromatic rings. The van der Waals surface area contributed by atoms with E-state index in [-0.39, 0.29) is 11.9 Å². The van der Waals surface area contributed by atoms with Gasteiger partial charge in [0, 0.05) is 11.6 Å². The summed E-state index contributed by atoms with van der Waals surface area (Å²) in [4.78, 5) is 14.4. The summed E-state index contributed by atoms with van der Waals surface area (Å²) < 4.78 is 10.7. The zero-order valence-electron chi connectivity index (χ0n) is 14.8. The maximum atomic E-state index is 12.3. The second-order valence-corrected chi connectivity index (χ2v) is 6.39. The van der Waals surface area contributed by atoms with Crippen LogP contribution in [-0.4, -0.2) is 44.7 Å². The lowest BCUT2D eigenvalue weighted by atomic mass is 10.1. The zero-order valence-corrected chi connectivity index (χ0v) is 14.8. The third-order valence-corrected chi connectivity index (χ3v) is 4.67. The van der Waals surface area contributed by atoms with Crippen LogP contribution in [0.1, 0.15) is 38.3 Å². The van der Waals surface area contributed by atoms with Crippen LogP contribution in [-0.2, 0) is 4.79 Å². The van der Waals surface area contributed by atoms with Gasteiger partial charge in [0.1, 0.15) is 11.5 Å². The van der Waals surface area contributed by atoms with Crippen molar-refractivity contribution in [1.29, 1.82) is 0 Å². The third-order valence-electron chi connectivity index (χ3n) is 4.67. The molecule has 1 aliphatic rings. The molecule has 1 aromatic carbocycles. The molecular formula is C18H28N2O3. The summed E-state index contributed by atoms with van der Waals surface area (Å²) in [5, 5.41) is 3.05. The highest BCUT2D eigenvalue weighted by Crippen LogP contribution is 2.34. The number of methoxy groups -OCH3 is 2. The van der Waals surface area contributed by atoms with E-state index in [1.807, 2.05) is 32.2 Å². The predicted octanol–water partition coefficient (Wildman–Crippen LogP) is 2.61. The SMILES string of the molecule is COc1ccc(OC)c(C(C)NC(=O)CN(C)C(C)C2CC2)c1. The highest BCUT2D eigenvalue weighted by molar-refractivity contribution is 5.78. The fourth-order valence-electron chi connectivity index (χ4n) is 2.85. The van der Waals surface area contributed by atoms with Crippen molar-refractivity contribution in [3.8, 4) is 11.5 Å². The lowest BCUT2D eigenvalue weighted by molar-refractivity contribution is -0.123. The van der Waals surface area contributed by atoms with E-state index in [0.717, 1.165) is 23.0 Å². The maximum absolute atomic E-state index is 12.3. The number of carbonyl (C=O) groups excluding carboxylic acids is 1. The Balaban J connectivity index is 1.97. The molecule has 5 heteroatoms. The number of hydrogen-bond acceptors (Lipinski definition) is 4. The van der Waals surface area contributed by atoms with E-state index in [2.05, 4.69) is 17.1 Å². The molecule has 5 nitrogen and oxygen atoms in total. The Hall–Kier alpha value is -1.75. The van der Waals surface area contributed by atoms with E-state index >= 15 is 0 Å². The van der Waals surface area contributed by atoms with E-state index in [1.54, 1.807) is 14.2 Å². The summed E-state index contributed by atoms with van der Waals surface area (Å²) >= 11 is 0. The average molecular weight is 320 g/mol. The van der Waals surface area contributed by atoms with Crippen molar-refractivity contribution >= 4 is 5.91 Å². The Labute approximate surface area is 139 Å². The molecule has 0 radical (unpaired) electrons. The van der Waals surface area contributed by atoms with Crippen LogP contribution in [0.3, 0.4) is 0 Å². The van der Waals surface area contributed by atoms with Crippen molar-refractivity contribution < 1.29 is 14.3 Å². The molecular weight excluding hydrogens is 292 g/mol. The number of carbonyl (C=O) groups is 1. The minimum Gasteiger partial charge on any atom is -0.497 e. The number of likely N-dealkylation sites (N-methyl/N-ethyl adjacent to an activating group) is 1. The normalized spacial score (nSPS) is 16.8. The number of hydrogen-bond donors (Lipinski definition) is 1. The van der Waals surface area contributed by atoms with Crippen LogP contribution >= 0.6 is 0 Å². The molecule has 0 spiro atoms. The highest BCUT2D eigenvalue weighted by atomic mass is 16.5. The van der Waals surface area contributed by atoms with Gasteiger partial charge < -0.3 is 14.8 Å². The van der Waals surface area contributed by atoms with Gasteiger partial charge in [-0.15, -0.1) is 0 Å². The number of nitrogens with zero attached hydrogens (tertiary/aromatic N) is 1. The van der Waals surface area contributed by atoms with Gasteiger partial charge in [-0.25, -0.2) is 0 Å². The monoisotopic (exact) mass is 320 g/mol. The van der Waals surface area contributed by atoms with Gasteiger partial charge in [-0.05, 0) is 57.9 Å². The quantitative estimate of drug-likeness (QED) is 0.800. The second kappa shape index (κ2) is 7.68.